The molecule has 5 heteroatoms. The third-order valence-corrected chi connectivity index (χ3v) is 2.54. The zero-order chi connectivity index (χ0) is 9.26. The predicted octanol–water partition coefficient (Wildman–Crippen LogP) is 2.89. The highest BCUT2D eigenvalue weighted by molar-refractivity contribution is 8.10. The van der Waals surface area contributed by atoms with E-state index in [4.69, 9.17) is 17.0 Å². The summed E-state index contributed by atoms with van der Waals surface area (Å²) in [7, 11) is 0. The Bertz CT molecular complexity index is 418. The van der Waals surface area contributed by atoms with Crippen molar-refractivity contribution < 1.29 is 4.74 Å². The smallest absolute Gasteiger partial charge is 0.281 e. The van der Waals surface area contributed by atoms with Crippen LogP contribution in [0.1, 0.15) is 0 Å². The molecule has 1 aromatic heterocycles. The highest BCUT2D eigenvalue weighted by atomic mass is 32.1. The normalized spacial score (nSPS) is 10.2. The van der Waals surface area contributed by atoms with E-state index in [0.29, 0.717) is 5.19 Å². The lowest BCUT2D eigenvalue weighted by molar-refractivity contribution is 0.576. The van der Waals surface area contributed by atoms with Crippen molar-refractivity contribution >= 4 is 50.8 Å². The Balaban J connectivity index is 2.44. The molecule has 0 aliphatic rings. The van der Waals surface area contributed by atoms with E-state index < -0.39 is 0 Å². The van der Waals surface area contributed by atoms with Crippen LogP contribution in [0.15, 0.2) is 24.3 Å². The molecule has 0 spiro atoms. The third-order valence-electron chi connectivity index (χ3n) is 1.45. The molecular weight excluding hydrogens is 222 g/mol. The molecule has 0 aliphatic heterocycles. The van der Waals surface area contributed by atoms with Crippen molar-refractivity contribution in [1.82, 2.24) is 4.98 Å². The molecule has 0 fully saturated rings. The number of fused-ring (bicyclic) bond motifs is 1. The van der Waals surface area contributed by atoms with Gasteiger partial charge in [0.2, 0.25) is 4.38 Å². The van der Waals surface area contributed by atoms with Crippen LogP contribution >= 0.6 is 36.2 Å². The van der Waals surface area contributed by atoms with Crippen molar-refractivity contribution in [2.75, 3.05) is 0 Å². The highest BCUT2D eigenvalue weighted by Crippen LogP contribution is 2.27. The molecule has 2 aromatic rings. The van der Waals surface area contributed by atoms with Crippen LogP contribution in [0.4, 0.5) is 0 Å². The molecule has 1 heterocycles. The van der Waals surface area contributed by atoms with Gasteiger partial charge in [0.25, 0.3) is 5.19 Å². The number of thiazole rings is 1. The molecule has 0 bridgehead atoms. The molecule has 0 aliphatic carbocycles. The van der Waals surface area contributed by atoms with Crippen LogP contribution in [-0.2, 0) is 0 Å². The molecule has 66 valence electrons. The molecule has 1 aromatic carbocycles. The van der Waals surface area contributed by atoms with Gasteiger partial charge in [0.05, 0.1) is 10.2 Å². The topological polar surface area (TPSA) is 22.1 Å². The third kappa shape index (κ3) is 1.99. The van der Waals surface area contributed by atoms with Crippen LogP contribution in [-0.4, -0.2) is 9.37 Å². The Morgan fingerprint density at radius 3 is 2.92 bits per heavy atom. The number of ether oxygens (including phenoxy) is 1. The number of benzene rings is 1. The Morgan fingerprint density at radius 1 is 1.46 bits per heavy atom. The molecule has 0 saturated carbocycles. The van der Waals surface area contributed by atoms with Crippen molar-refractivity contribution in [1.29, 1.82) is 0 Å². The van der Waals surface area contributed by atoms with Gasteiger partial charge in [-0.05, 0) is 24.4 Å². The number of thiol groups is 1. The summed E-state index contributed by atoms with van der Waals surface area (Å²) >= 11 is 10.0. The molecular formula is C8H5NOS3. The number of thiocarbonyl (C=S) groups is 1. The second-order valence-electron chi connectivity index (χ2n) is 2.32. The van der Waals surface area contributed by atoms with Crippen molar-refractivity contribution in [3.05, 3.63) is 24.3 Å². The fourth-order valence-electron chi connectivity index (χ4n) is 0.969. The van der Waals surface area contributed by atoms with Gasteiger partial charge in [0, 0.05) is 0 Å². The van der Waals surface area contributed by atoms with Crippen molar-refractivity contribution in [3.8, 4) is 5.19 Å². The zero-order valence-corrected chi connectivity index (χ0v) is 8.96. The van der Waals surface area contributed by atoms with E-state index in [1.165, 1.54) is 11.3 Å². The van der Waals surface area contributed by atoms with E-state index in [2.05, 4.69) is 17.6 Å². The SMILES string of the molecule is S=C(S)Oc1nc2ccccc2s1. The van der Waals surface area contributed by atoms with Gasteiger partial charge in [0.1, 0.15) is 0 Å². The van der Waals surface area contributed by atoms with Crippen LogP contribution in [0.5, 0.6) is 5.19 Å². The summed E-state index contributed by atoms with van der Waals surface area (Å²) in [6.45, 7) is 0. The summed E-state index contributed by atoms with van der Waals surface area (Å²) in [4.78, 5) is 4.21. The van der Waals surface area contributed by atoms with Crippen LogP contribution in [0.25, 0.3) is 10.2 Å². The standard InChI is InChI=1S/C8H5NOS3/c11-8(12)10-7-9-5-3-1-2-4-6(5)13-7/h1-4H,(H,11,12). The van der Waals surface area contributed by atoms with E-state index in [9.17, 15) is 0 Å². The molecule has 0 unspecified atom stereocenters. The summed E-state index contributed by atoms with van der Waals surface area (Å²) in [6, 6.07) is 7.82. The number of rotatable bonds is 1. The Hall–Kier alpha value is -0.650. The summed E-state index contributed by atoms with van der Waals surface area (Å²) in [5, 5.41) is 0.543. The molecule has 0 saturated heterocycles. The molecule has 13 heavy (non-hydrogen) atoms. The number of nitrogens with zero attached hydrogens (tertiary/aromatic N) is 1. The van der Waals surface area contributed by atoms with Crippen molar-refractivity contribution in [2.45, 2.75) is 0 Å². The predicted molar refractivity (Wildman–Crippen MR) is 61.8 cm³/mol. The lowest BCUT2D eigenvalue weighted by Gasteiger charge is -1.92. The van der Waals surface area contributed by atoms with Crippen LogP contribution in [0.3, 0.4) is 0 Å². The molecule has 0 radical (unpaired) electrons. The lowest BCUT2D eigenvalue weighted by Crippen LogP contribution is -1.94. The second-order valence-corrected chi connectivity index (χ2v) is 4.39. The van der Waals surface area contributed by atoms with Crippen molar-refractivity contribution in [3.63, 3.8) is 0 Å². The number of aromatic nitrogens is 1. The summed E-state index contributed by atoms with van der Waals surface area (Å²) in [5.74, 6) is 0. The van der Waals surface area contributed by atoms with E-state index in [-0.39, 0.29) is 4.38 Å². The van der Waals surface area contributed by atoms with Crippen LogP contribution in [0, 0.1) is 0 Å². The second kappa shape index (κ2) is 3.61. The first-order valence-electron chi connectivity index (χ1n) is 3.52. The maximum atomic E-state index is 5.10. The van der Waals surface area contributed by atoms with Gasteiger partial charge in [-0.15, -0.1) is 0 Å². The fraction of sp³-hybridized carbons (Fsp3) is 0. The Morgan fingerprint density at radius 2 is 2.23 bits per heavy atom. The molecule has 2 rings (SSSR count). The number of hydrogen-bond acceptors (Lipinski definition) is 4. The minimum Gasteiger partial charge on any atom is -0.413 e. The van der Waals surface area contributed by atoms with Crippen LogP contribution < -0.4 is 4.74 Å². The monoisotopic (exact) mass is 227 g/mol. The fourth-order valence-corrected chi connectivity index (χ4v) is 2.07. The quantitative estimate of drug-likeness (QED) is 0.598. The molecule has 2 nitrogen and oxygen atoms in total. The zero-order valence-electron chi connectivity index (χ0n) is 6.43. The lowest BCUT2D eigenvalue weighted by atomic mass is 10.3. The van der Waals surface area contributed by atoms with E-state index >= 15 is 0 Å². The molecule has 0 amide bonds. The van der Waals surface area contributed by atoms with Gasteiger partial charge < -0.3 is 4.74 Å². The van der Waals surface area contributed by atoms with Crippen molar-refractivity contribution in [2.24, 2.45) is 0 Å². The number of hydrogen-bond donors (Lipinski definition) is 1. The van der Waals surface area contributed by atoms with Crippen LogP contribution in [0.2, 0.25) is 0 Å². The van der Waals surface area contributed by atoms with Gasteiger partial charge in [-0.25, -0.2) is 4.98 Å². The maximum Gasteiger partial charge on any atom is 0.281 e. The van der Waals surface area contributed by atoms with E-state index in [1.807, 2.05) is 24.3 Å². The van der Waals surface area contributed by atoms with E-state index in [0.717, 1.165) is 10.2 Å². The van der Waals surface area contributed by atoms with E-state index in [1.54, 1.807) is 0 Å². The molecule has 0 N–H and O–H groups in total. The summed E-state index contributed by atoms with van der Waals surface area (Å²) in [6.07, 6.45) is 0. The largest absolute Gasteiger partial charge is 0.413 e. The maximum absolute atomic E-state index is 5.10. The number of para-hydroxylation sites is 1. The average Bonchev–Trinajstić information content (AvgIpc) is 2.44. The Kier molecular flexibility index (Phi) is 2.48. The van der Waals surface area contributed by atoms with Gasteiger partial charge in [0.15, 0.2) is 0 Å². The minimum absolute atomic E-state index is 0.194. The minimum atomic E-state index is 0.194. The van der Waals surface area contributed by atoms with Gasteiger partial charge in [-0.3, -0.25) is 0 Å². The first-order valence-corrected chi connectivity index (χ1v) is 5.19. The summed E-state index contributed by atoms with van der Waals surface area (Å²) < 4.78 is 6.38. The average molecular weight is 227 g/mol. The Labute approximate surface area is 90.0 Å². The van der Waals surface area contributed by atoms with Gasteiger partial charge >= 0.3 is 0 Å². The van der Waals surface area contributed by atoms with Gasteiger partial charge in [-0.1, -0.05) is 36.1 Å². The first kappa shape index (κ1) is 8.93. The summed E-state index contributed by atoms with van der Waals surface area (Å²) in [5.41, 5.74) is 0.923. The van der Waals surface area contributed by atoms with Gasteiger partial charge in [-0.2, -0.15) is 0 Å². The highest BCUT2D eigenvalue weighted by Gasteiger charge is 2.04. The molecule has 0 atom stereocenters. The first-order chi connectivity index (χ1) is 6.25.